The van der Waals surface area contributed by atoms with Crippen molar-refractivity contribution in [3.8, 4) is 5.75 Å². The van der Waals surface area contributed by atoms with E-state index in [1.807, 2.05) is 46.6 Å². The number of rotatable bonds is 19. The highest BCUT2D eigenvalue weighted by atomic mass is 32.1. The number of phenols is 1. The molecule has 0 bridgehead atoms. The first-order valence-corrected chi connectivity index (χ1v) is 19.3. The minimum absolute atomic E-state index is 0.107. The summed E-state index contributed by atoms with van der Waals surface area (Å²) in [6.45, 7) is 11.7. The van der Waals surface area contributed by atoms with Gasteiger partial charge < -0.3 is 30.1 Å². The van der Waals surface area contributed by atoms with Crippen molar-refractivity contribution in [1.29, 1.82) is 0 Å². The van der Waals surface area contributed by atoms with Gasteiger partial charge in [0.15, 0.2) is 12.8 Å². The van der Waals surface area contributed by atoms with Gasteiger partial charge in [0.1, 0.15) is 22.5 Å². The first-order valence-electron chi connectivity index (χ1n) is 18.4. The number of likely N-dealkylation sites (tertiary alicyclic amines) is 1. The summed E-state index contributed by atoms with van der Waals surface area (Å²) in [4.78, 5) is 74.3. The van der Waals surface area contributed by atoms with Crippen LogP contribution in [-0.4, -0.2) is 94.5 Å². The standard InChI is InChI=1S/C38H57N5O8S/c1-8-12-33(46)50-23-43(38(49)34(25(5)9-2)41-36(48)30-13-10-11-20-42(30)7)31(24(3)4)21-32(51-26(6)44)37-40-29(22-52-37)35(47)39-19-18-27-14-16-28(45)17-15-27/h14-17,22,24-25,30-32,34,45H,8-13,18-21,23H2,1-7H3,(H,39,47)(H,41,48)/t25?,30-,31-,32-,34+/m1/s1. The third kappa shape index (κ3) is 12.6. The van der Waals surface area contributed by atoms with Gasteiger partial charge in [0.25, 0.3) is 5.91 Å². The fourth-order valence-corrected chi connectivity index (χ4v) is 7.09. The van der Waals surface area contributed by atoms with Crippen LogP contribution in [0.1, 0.15) is 114 Å². The lowest BCUT2D eigenvalue weighted by molar-refractivity contribution is -0.160. The van der Waals surface area contributed by atoms with E-state index in [2.05, 4.69) is 15.6 Å². The number of carbonyl (C=O) groups excluding carboxylic acids is 5. The fourth-order valence-electron chi connectivity index (χ4n) is 6.25. The summed E-state index contributed by atoms with van der Waals surface area (Å²) in [5.41, 5.74) is 1.11. The van der Waals surface area contributed by atoms with Gasteiger partial charge in [-0.25, -0.2) is 4.98 Å². The molecule has 288 valence electrons. The Morgan fingerprint density at radius 1 is 1.10 bits per heavy atom. The van der Waals surface area contributed by atoms with E-state index in [9.17, 15) is 29.1 Å². The molecule has 2 heterocycles. The van der Waals surface area contributed by atoms with Crippen LogP contribution in [0.15, 0.2) is 29.6 Å². The lowest BCUT2D eigenvalue weighted by Crippen LogP contribution is -2.59. The maximum atomic E-state index is 14.6. The normalized spacial score (nSPS) is 17.0. The van der Waals surface area contributed by atoms with E-state index in [4.69, 9.17) is 9.47 Å². The molecule has 1 aromatic carbocycles. The molecular weight excluding hydrogens is 687 g/mol. The number of thiazole rings is 1. The highest BCUT2D eigenvalue weighted by Gasteiger charge is 2.39. The summed E-state index contributed by atoms with van der Waals surface area (Å²) >= 11 is 1.17. The average molecular weight is 744 g/mol. The number of esters is 2. The monoisotopic (exact) mass is 743 g/mol. The van der Waals surface area contributed by atoms with E-state index < -0.39 is 41.9 Å². The number of aromatic hydroxyl groups is 1. The number of benzene rings is 1. The Morgan fingerprint density at radius 3 is 2.42 bits per heavy atom. The van der Waals surface area contributed by atoms with Crippen LogP contribution < -0.4 is 10.6 Å². The molecule has 14 heteroatoms. The van der Waals surface area contributed by atoms with Crippen molar-refractivity contribution >= 4 is 41.0 Å². The third-order valence-electron chi connectivity index (χ3n) is 9.55. The maximum Gasteiger partial charge on any atom is 0.307 e. The summed E-state index contributed by atoms with van der Waals surface area (Å²) in [5.74, 6) is -2.27. The molecule has 13 nitrogen and oxygen atoms in total. The summed E-state index contributed by atoms with van der Waals surface area (Å²) < 4.78 is 11.4. The zero-order valence-electron chi connectivity index (χ0n) is 31.7. The van der Waals surface area contributed by atoms with Gasteiger partial charge in [-0.1, -0.05) is 59.6 Å². The van der Waals surface area contributed by atoms with Crippen LogP contribution in [0.3, 0.4) is 0 Å². The van der Waals surface area contributed by atoms with Crippen molar-refractivity contribution < 1.29 is 38.6 Å². The molecular formula is C38H57N5O8S. The molecule has 3 N–H and O–H groups in total. The van der Waals surface area contributed by atoms with Crippen LogP contribution in [0, 0.1) is 11.8 Å². The van der Waals surface area contributed by atoms with Gasteiger partial charge in [0, 0.05) is 37.7 Å². The second-order valence-corrected chi connectivity index (χ2v) is 14.8. The summed E-state index contributed by atoms with van der Waals surface area (Å²) in [6, 6.07) is 4.90. The summed E-state index contributed by atoms with van der Waals surface area (Å²) in [6.07, 6.45) is 3.76. The van der Waals surface area contributed by atoms with Gasteiger partial charge in [0.05, 0.1) is 6.04 Å². The summed E-state index contributed by atoms with van der Waals surface area (Å²) in [5, 5.41) is 17.4. The number of hydrogen-bond acceptors (Lipinski definition) is 11. The second-order valence-electron chi connectivity index (χ2n) is 14.0. The smallest absolute Gasteiger partial charge is 0.307 e. The molecule has 52 heavy (non-hydrogen) atoms. The molecule has 1 fully saturated rings. The number of piperidine rings is 1. The number of nitrogens with zero attached hydrogens (tertiary/aromatic N) is 3. The predicted octanol–water partition coefficient (Wildman–Crippen LogP) is 4.98. The van der Waals surface area contributed by atoms with Crippen LogP contribution in [0.5, 0.6) is 5.75 Å². The number of likely N-dealkylation sites (N-methyl/N-ethyl adjacent to an activating group) is 1. The number of amides is 3. The largest absolute Gasteiger partial charge is 0.508 e. The minimum Gasteiger partial charge on any atom is -0.508 e. The van der Waals surface area contributed by atoms with Crippen molar-refractivity contribution in [1.82, 2.24) is 25.4 Å². The number of phenolic OH excluding ortho intramolecular Hbond substituents is 1. The Balaban J connectivity index is 1.88. The van der Waals surface area contributed by atoms with Crippen LogP contribution in [-0.2, 0) is 35.1 Å². The van der Waals surface area contributed by atoms with E-state index in [0.29, 0.717) is 37.2 Å². The van der Waals surface area contributed by atoms with Crippen molar-refractivity contribution in [2.24, 2.45) is 11.8 Å². The van der Waals surface area contributed by atoms with Crippen LogP contribution in [0.4, 0.5) is 0 Å². The molecule has 1 saturated heterocycles. The maximum absolute atomic E-state index is 14.6. The molecule has 0 aliphatic carbocycles. The lowest BCUT2D eigenvalue weighted by atomic mass is 9.92. The average Bonchev–Trinajstić information content (AvgIpc) is 3.60. The van der Waals surface area contributed by atoms with Gasteiger partial charge >= 0.3 is 11.9 Å². The number of hydrogen-bond donors (Lipinski definition) is 3. The molecule has 0 radical (unpaired) electrons. The van der Waals surface area contributed by atoms with Crippen molar-refractivity contribution in [3.05, 3.63) is 45.9 Å². The van der Waals surface area contributed by atoms with Gasteiger partial charge in [-0.15, -0.1) is 11.3 Å². The van der Waals surface area contributed by atoms with E-state index in [1.165, 1.54) is 23.2 Å². The topological polar surface area (TPSA) is 167 Å². The van der Waals surface area contributed by atoms with E-state index in [-0.39, 0.29) is 54.8 Å². The van der Waals surface area contributed by atoms with E-state index >= 15 is 0 Å². The molecule has 3 rings (SSSR count). The number of ether oxygens (including phenoxy) is 2. The van der Waals surface area contributed by atoms with Gasteiger partial charge in [-0.05, 0) is 68.8 Å². The van der Waals surface area contributed by atoms with Gasteiger partial charge in [-0.3, -0.25) is 28.9 Å². The van der Waals surface area contributed by atoms with Crippen molar-refractivity contribution in [2.75, 3.05) is 26.9 Å². The Kier molecular flexibility index (Phi) is 17.0. The molecule has 3 amide bonds. The Labute approximate surface area is 311 Å². The number of nitrogens with one attached hydrogen (secondary N) is 2. The molecule has 1 unspecified atom stereocenters. The van der Waals surface area contributed by atoms with Crippen LogP contribution >= 0.6 is 11.3 Å². The molecule has 2 aromatic rings. The van der Waals surface area contributed by atoms with Gasteiger partial charge in [-0.2, -0.15) is 0 Å². The summed E-state index contributed by atoms with van der Waals surface area (Å²) in [7, 11) is 1.92. The SMILES string of the molecule is CCCC(=O)OCN(C(=O)[C@@H](NC(=O)[C@H]1CCCCN1C)C(C)CC)[C@H](C[C@@H](OC(C)=O)c1nc(C(=O)NCCc2ccc(O)cc2)cs1)C(C)C. The highest BCUT2D eigenvalue weighted by molar-refractivity contribution is 7.09. The second kappa shape index (κ2) is 20.9. The number of carbonyl (C=O) groups is 5. The van der Waals surface area contributed by atoms with E-state index in [1.54, 1.807) is 29.6 Å². The number of aromatic nitrogens is 1. The zero-order chi connectivity index (χ0) is 38.4. The molecule has 1 aliphatic heterocycles. The highest BCUT2D eigenvalue weighted by Crippen LogP contribution is 2.32. The van der Waals surface area contributed by atoms with E-state index in [0.717, 1.165) is 24.9 Å². The van der Waals surface area contributed by atoms with Gasteiger partial charge in [0.2, 0.25) is 11.8 Å². The third-order valence-corrected chi connectivity index (χ3v) is 10.5. The molecule has 0 spiro atoms. The van der Waals surface area contributed by atoms with Crippen LogP contribution in [0.25, 0.3) is 0 Å². The molecule has 0 saturated carbocycles. The first-order chi connectivity index (χ1) is 24.7. The predicted molar refractivity (Wildman–Crippen MR) is 198 cm³/mol. The molecule has 1 aliphatic rings. The Morgan fingerprint density at radius 2 is 1.81 bits per heavy atom. The zero-order valence-corrected chi connectivity index (χ0v) is 32.5. The molecule has 5 atom stereocenters. The first kappa shape index (κ1) is 42.4. The molecule has 1 aromatic heterocycles. The quantitative estimate of drug-likeness (QED) is 0.132. The van der Waals surface area contributed by atoms with Crippen molar-refractivity contribution in [3.63, 3.8) is 0 Å². The Hall–Kier alpha value is -4.04. The van der Waals surface area contributed by atoms with Crippen molar-refractivity contribution in [2.45, 2.75) is 117 Å². The fraction of sp³-hybridized carbons (Fsp3) is 0.632. The minimum atomic E-state index is -0.914. The van der Waals surface area contributed by atoms with Crippen LogP contribution in [0.2, 0.25) is 0 Å². The Bertz CT molecular complexity index is 1480. The lowest BCUT2D eigenvalue weighted by Gasteiger charge is -2.39.